The summed E-state index contributed by atoms with van der Waals surface area (Å²) < 4.78 is 12.1. The number of nitrogens with zero attached hydrogens (tertiary/aromatic N) is 2. The van der Waals surface area contributed by atoms with Crippen molar-refractivity contribution >= 4 is 23.7 Å². The number of fused-ring (bicyclic) bond motifs is 1. The van der Waals surface area contributed by atoms with E-state index < -0.39 is 35.6 Å². The SMILES string of the molecule is C=CCCC(=O)OC[C@H](NC(=O)[C@@H]1[C@@H]2CC[C@]3(O2)[C@H](C(=O)N(CC=C)CCCCC)N(CCCCO)C(=O)[C@@H]13)c1ccccc1. The van der Waals surface area contributed by atoms with Crippen LogP contribution in [0.4, 0.5) is 0 Å². The fourth-order valence-corrected chi connectivity index (χ4v) is 7.18. The molecule has 6 atom stereocenters. The van der Waals surface area contributed by atoms with Gasteiger partial charge < -0.3 is 29.7 Å². The average Bonchev–Trinajstić information content (AvgIpc) is 3.69. The Kier molecular flexibility index (Phi) is 12.4. The number of unbranched alkanes of at least 4 members (excludes halogenated alkanes) is 3. The second kappa shape index (κ2) is 16.2. The summed E-state index contributed by atoms with van der Waals surface area (Å²) in [6, 6.07) is 7.79. The first-order chi connectivity index (χ1) is 21.8. The molecule has 1 aromatic carbocycles. The van der Waals surface area contributed by atoms with Gasteiger partial charge in [-0.1, -0.05) is 62.2 Å². The van der Waals surface area contributed by atoms with E-state index in [0.717, 1.165) is 24.8 Å². The Morgan fingerprint density at radius 1 is 1.18 bits per heavy atom. The largest absolute Gasteiger partial charge is 0.463 e. The molecular formula is C35H49N3O7. The summed E-state index contributed by atoms with van der Waals surface area (Å²) in [7, 11) is 0. The summed E-state index contributed by atoms with van der Waals surface area (Å²) in [6.45, 7) is 10.7. The summed E-state index contributed by atoms with van der Waals surface area (Å²) in [5, 5.41) is 12.5. The van der Waals surface area contributed by atoms with E-state index in [2.05, 4.69) is 25.4 Å². The molecule has 0 aromatic heterocycles. The van der Waals surface area contributed by atoms with E-state index in [1.165, 1.54) is 0 Å². The van der Waals surface area contributed by atoms with Crippen molar-refractivity contribution in [2.75, 3.05) is 32.8 Å². The first-order valence-electron chi connectivity index (χ1n) is 16.4. The zero-order chi connectivity index (χ0) is 32.4. The van der Waals surface area contributed by atoms with Gasteiger partial charge in [-0.15, -0.1) is 13.2 Å². The van der Waals surface area contributed by atoms with Crippen molar-refractivity contribution in [3.8, 4) is 0 Å². The highest BCUT2D eigenvalue weighted by Crippen LogP contribution is 2.58. The van der Waals surface area contributed by atoms with Gasteiger partial charge >= 0.3 is 5.97 Å². The van der Waals surface area contributed by atoms with Gasteiger partial charge in [-0.25, -0.2) is 0 Å². The molecule has 0 saturated carbocycles. The normalized spacial score (nSPS) is 25.5. The van der Waals surface area contributed by atoms with E-state index in [1.54, 1.807) is 22.0 Å². The fraction of sp³-hybridized carbons (Fsp3) is 0.600. The average molecular weight is 624 g/mol. The highest BCUT2D eigenvalue weighted by Gasteiger charge is 2.74. The third-order valence-corrected chi connectivity index (χ3v) is 9.32. The quantitative estimate of drug-likeness (QED) is 0.137. The molecule has 1 spiro atoms. The zero-order valence-corrected chi connectivity index (χ0v) is 26.5. The van der Waals surface area contributed by atoms with Crippen molar-refractivity contribution in [3.05, 3.63) is 61.2 Å². The Morgan fingerprint density at radius 3 is 2.64 bits per heavy atom. The van der Waals surface area contributed by atoms with E-state index in [9.17, 15) is 24.3 Å². The number of benzene rings is 1. The number of carbonyl (C=O) groups excluding carboxylic acids is 4. The lowest BCUT2D eigenvalue weighted by Crippen LogP contribution is -2.56. The first-order valence-corrected chi connectivity index (χ1v) is 16.4. The van der Waals surface area contributed by atoms with Crippen molar-refractivity contribution in [2.45, 2.75) is 88.5 Å². The van der Waals surface area contributed by atoms with Crippen molar-refractivity contribution in [1.82, 2.24) is 15.1 Å². The van der Waals surface area contributed by atoms with E-state index in [0.29, 0.717) is 51.7 Å². The molecule has 2 N–H and O–H groups in total. The number of aliphatic hydroxyl groups is 1. The van der Waals surface area contributed by atoms with Crippen molar-refractivity contribution in [2.24, 2.45) is 11.8 Å². The Balaban J connectivity index is 1.60. The molecule has 0 unspecified atom stereocenters. The molecule has 3 heterocycles. The molecule has 1 aromatic rings. The van der Waals surface area contributed by atoms with Crippen LogP contribution in [0.1, 0.15) is 76.3 Å². The standard InChI is InChI=1S/C35H49N3O7/c1-4-7-12-21-37(20-6-3)34(43)31-35-19-18-27(45-35)29(30(35)33(42)38(31)22-13-14-23-39)32(41)36-26(25-15-10-9-11-16-25)24-44-28(40)17-8-5-2/h5-6,9-11,15-16,26-27,29-31,39H,2-4,7-8,12-14,17-24H2,1H3,(H,36,41)/t26-,27-,29+,30+,31-,35+/m0/s1. The van der Waals surface area contributed by atoms with E-state index in [4.69, 9.17) is 9.47 Å². The Labute approximate surface area is 266 Å². The predicted octanol–water partition coefficient (Wildman–Crippen LogP) is 3.71. The Hall–Kier alpha value is -3.50. The van der Waals surface area contributed by atoms with Gasteiger partial charge in [0.05, 0.1) is 24.0 Å². The molecular weight excluding hydrogens is 574 g/mol. The number of hydrogen-bond donors (Lipinski definition) is 2. The summed E-state index contributed by atoms with van der Waals surface area (Å²) >= 11 is 0. The van der Waals surface area contributed by atoms with Crippen LogP contribution < -0.4 is 5.32 Å². The minimum absolute atomic E-state index is 0.0164. The van der Waals surface area contributed by atoms with Gasteiger partial charge in [0, 0.05) is 32.7 Å². The van der Waals surface area contributed by atoms with Crippen LogP contribution >= 0.6 is 0 Å². The molecule has 10 nitrogen and oxygen atoms in total. The van der Waals surface area contributed by atoms with Crippen LogP contribution in [0.3, 0.4) is 0 Å². The number of nitrogens with one attached hydrogen (secondary N) is 1. The lowest BCUT2D eigenvalue weighted by molar-refractivity contribution is -0.148. The maximum absolute atomic E-state index is 14.3. The van der Waals surface area contributed by atoms with E-state index in [-0.39, 0.29) is 43.3 Å². The highest BCUT2D eigenvalue weighted by molar-refractivity contribution is 5.99. The number of amides is 3. The number of likely N-dealkylation sites (tertiary alicyclic amines) is 1. The topological polar surface area (TPSA) is 125 Å². The highest BCUT2D eigenvalue weighted by atomic mass is 16.5. The number of esters is 1. The molecule has 4 rings (SSSR count). The Morgan fingerprint density at radius 2 is 1.96 bits per heavy atom. The van der Waals surface area contributed by atoms with Crippen molar-refractivity contribution in [1.29, 1.82) is 0 Å². The van der Waals surface area contributed by atoms with Crippen molar-refractivity contribution < 1.29 is 33.8 Å². The molecule has 0 radical (unpaired) electrons. The van der Waals surface area contributed by atoms with Gasteiger partial charge in [0.25, 0.3) is 0 Å². The number of allylic oxidation sites excluding steroid dienone is 1. The number of aliphatic hydroxyl groups excluding tert-OH is 1. The van der Waals surface area contributed by atoms with Crippen LogP contribution in [0.2, 0.25) is 0 Å². The van der Waals surface area contributed by atoms with Gasteiger partial charge in [0.2, 0.25) is 17.7 Å². The molecule has 3 saturated heterocycles. The third-order valence-electron chi connectivity index (χ3n) is 9.32. The maximum atomic E-state index is 14.3. The van der Waals surface area contributed by atoms with Crippen LogP contribution in [0, 0.1) is 11.8 Å². The van der Waals surface area contributed by atoms with Crippen LogP contribution in [0.25, 0.3) is 0 Å². The third kappa shape index (κ3) is 7.49. The summed E-state index contributed by atoms with van der Waals surface area (Å²) in [6.07, 6.45) is 8.43. The molecule has 45 heavy (non-hydrogen) atoms. The lowest BCUT2D eigenvalue weighted by atomic mass is 9.70. The zero-order valence-electron chi connectivity index (χ0n) is 26.5. The lowest BCUT2D eigenvalue weighted by Gasteiger charge is -2.37. The monoisotopic (exact) mass is 623 g/mol. The van der Waals surface area contributed by atoms with Crippen LogP contribution in [-0.4, -0.2) is 89.2 Å². The van der Waals surface area contributed by atoms with E-state index >= 15 is 0 Å². The molecule has 10 heteroatoms. The minimum Gasteiger partial charge on any atom is -0.463 e. The van der Waals surface area contributed by atoms with Gasteiger partial charge in [0.1, 0.15) is 18.2 Å². The first kappa shape index (κ1) is 34.4. The summed E-state index contributed by atoms with van der Waals surface area (Å²) in [5.41, 5.74) is -0.339. The second-order valence-electron chi connectivity index (χ2n) is 12.3. The molecule has 3 amide bonds. The van der Waals surface area contributed by atoms with Crippen LogP contribution in [0.5, 0.6) is 0 Å². The minimum atomic E-state index is -1.11. The summed E-state index contributed by atoms with van der Waals surface area (Å²) in [5.74, 6) is -2.78. The predicted molar refractivity (Wildman–Crippen MR) is 170 cm³/mol. The van der Waals surface area contributed by atoms with E-state index in [1.807, 2.05) is 30.3 Å². The van der Waals surface area contributed by atoms with Crippen LogP contribution in [0.15, 0.2) is 55.6 Å². The van der Waals surface area contributed by atoms with Gasteiger partial charge in [-0.3, -0.25) is 19.2 Å². The van der Waals surface area contributed by atoms with Crippen LogP contribution in [-0.2, 0) is 28.7 Å². The maximum Gasteiger partial charge on any atom is 0.306 e. The second-order valence-corrected chi connectivity index (χ2v) is 12.3. The number of hydrogen-bond acceptors (Lipinski definition) is 7. The molecule has 3 aliphatic rings. The Bertz CT molecular complexity index is 1210. The van der Waals surface area contributed by atoms with Gasteiger partial charge in [0.15, 0.2) is 0 Å². The molecule has 3 aliphatic heterocycles. The number of rotatable bonds is 19. The molecule has 0 aliphatic carbocycles. The number of ether oxygens (including phenoxy) is 2. The summed E-state index contributed by atoms with van der Waals surface area (Å²) in [4.78, 5) is 58.3. The van der Waals surface area contributed by atoms with Crippen molar-refractivity contribution in [3.63, 3.8) is 0 Å². The molecule has 246 valence electrons. The smallest absolute Gasteiger partial charge is 0.306 e. The molecule has 2 bridgehead atoms. The fourth-order valence-electron chi connectivity index (χ4n) is 7.18. The molecule has 3 fully saturated rings. The van der Waals surface area contributed by atoms with Gasteiger partial charge in [-0.2, -0.15) is 0 Å². The number of carbonyl (C=O) groups is 4. The van der Waals surface area contributed by atoms with Gasteiger partial charge in [-0.05, 0) is 44.1 Å².